The van der Waals surface area contributed by atoms with E-state index in [1.807, 2.05) is 60.7 Å². The molecule has 0 bridgehead atoms. The molecule has 2 N–H and O–H groups in total. The number of ether oxygens (including phenoxy) is 3. The molecule has 60 heavy (non-hydrogen) atoms. The van der Waals surface area contributed by atoms with Crippen LogP contribution in [0, 0.1) is 17.2 Å². The molecule has 11 nitrogen and oxygen atoms in total. The zero-order valence-electron chi connectivity index (χ0n) is 34.0. The van der Waals surface area contributed by atoms with Gasteiger partial charge in [-0.05, 0) is 55.6 Å². The van der Waals surface area contributed by atoms with Crippen LogP contribution < -0.4 is 9.47 Å². The number of nitrogens with zero attached hydrogens (tertiary/aromatic N) is 3. The third-order valence-electron chi connectivity index (χ3n) is 10.1. The summed E-state index contributed by atoms with van der Waals surface area (Å²) in [5, 5.41) is 32.3. The van der Waals surface area contributed by atoms with Crippen molar-refractivity contribution in [2.24, 2.45) is 5.92 Å². The number of unbranched alkanes of at least 4 members (excludes halogenated alkanes) is 4. The number of fused-ring (bicyclic) bond motifs is 2. The van der Waals surface area contributed by atoms with Crippen molar-refractivity contribution < 1.29 is 38.8 Å². The number of benzene rings is 3. The van der Waals surface area contributed by atoms with Crippen LogP contribution in [-0.2, 0) is 32.2 Å². The zero-order chi connectivity index (χ0) is 42.4. The summed E-state index contributed by atoms with van der Waals surface area (Å²) < 4.78 is 19.8. The summed E-state index contributed by atoms with van der Waals surface area (Å²) in [6.07, 6.45) is 7.03. The van der Waals surface area contributed by atoms with Crippen LogP contribution in [0.3, 0.4) is 0 Å². The number of hydrogen-bond acceptors (Lipinski definition) is 13. The van der Waals surface area contributed by atoms with E-state index in [2.05, 4.69) is 19.9 Å². The lowest BCUT2D eigenvalue weighted by Crippen LogP contribution is -2.39. The second kappa shape index (κ2) is 22.7. The molecule has 6 rings (SSSR count). The number of hydrogen-bond donors (Lipinski definition) is 2. The van der Waals surface area contributed by atoms with Crippen LogP contribution in [0.1, 0.15) is 82.8 Å². The monoisotopic (exact) mass is 889 g/mol. The smallest absolute Gasteiger partial charge is 0.350 e. The van der Waals surface area contributed by atoms with Gasteiger partial charge in [-0.15, -0.1) is 0 Å². The fraction of sp³-hybridized carbons (Fsp3) is 0.422. The van der Waals surface area contributed by atoms with Gasteiger partial charge in [-0.3, -0.25) is 9.59 Å². The topological polar surface area (TPSA) is 150 Å². The van der Waals surface area contributed by atoms with Gasteiger partial charge in [0.05, 0.1) is 61.0 Å². The molecule has 1 atom stereocenters. The fourth-order valence-electron chi connectivity index (χ4n) is 6.73. The molecule has 3 heterocycles. The molecule has 1 saturated heterocycles. The molecule has 3 aromatic rings. The Labute approximate surface area is 369 Å². The minimum Gasteiger partial charge on any atom is -0.491 e. The summed E-state index contributed by atoms with van der Waals surface area (Å²) in [5.74, 6) is -0.254. The van der Waals surface area contributed by atoms with Gasteiger partial charge in [0, 0.05) is 13.2 Å². The molecule has 2 amide bonds. The molecule has 0 spiro atoms. The third-order valence-corrected chi connectivity index (χ3v) is 15.3. The second-order valence-electron chi connectivity index (χ2n) is 14.4. The van der Waals surface area contributed by atoms with E-state index in [0.717, 1.165) is 43.2 Å². The molecule has 3 aliphatic heterocycles. The van der Waals surface area contributed by atoms with E-state index >= 15 is 0 Å². The molecule has 318 valence electrons. The standard InChI is InChI=1S/C45H51N3O8S4/c1-3-5-17-30(4-2)29-56-43(53)33(26-46)44-57-37-35(54-24-15-8-13-22-49)39-40(36(38(37)58-44)55-25-16-14-23-50)60-45(59-39)34-41(51)47(27-31-18-9-6-10-19-31)48(42(34)52)28-32-20-11-7-12-21-32/h6-7,9-12,18-21,30,49-50H,3-5,8,13-17,22-25,27-29H2,1-2H3/b44-33+. The SMILES string of the molecule is CCCCC(CC)COC(=O)/C(C#N)=C1/Sc2c(OCCCCO)c3c(c(OCCCCCO)c2S1)SC(=C1C(=O)N(Cc2ccccc2)N(Cc2ccccc2)C1=O)S3. The highest BCUT2D eigenvalue weighted by atomic mass is 32.2. The molecule has 0 radical (unpaired) electrons. The molecule has 1 unspecified atom stereocenters. The van der Waals surface area contributed by atoms with Gasteiger partial charge in [-0.2, -0.15) is 5.26 Å². The van der Waals surface area contributed by atoms with Gasteiger partial charge in [0.25, 0.3) is 11.8 Å². The van der Waals surface area contributed by atoms with Gasteiger partial charge in [-0.1, -0.05) is 141 Å². The highest BCUT2D eigenvalue weighted by Crippen LogP contribution is 2.68. The number of thioether (sulfide) groups is 4. The quantitative estimate of drug-likeness (QED) is 0.0325. The minimum atomic E-state index is -0.672. The van der Waals surface area contributed by atoms with Crippen LogP contribution in [0.5, 0.6) is 11.5 Å². The predicted molar refractivity (Wildman–Crippen MR) is 236 cm³/mol. The largest absolute Gasteiger partial charge is 0.491 e. The molecule has 15 heteroatoms. The van der Waals surface area contributed by atoms with Crippen LogP contribution >= 0.6 is 47.0 Å². The molecule has 0 aliphatic carbocycles. The van der Waals surface area contributed by atoms with Crippen LogP contribution in [0.25, 0.3) is 0 Å². The number of aliphatic hydroxyl groups excluding tert-OH is 2. The van der Waals surface area contributed by atoms with Crippen molar-refractivity contribution in [3.05, 3.63) is 91.4 Å². The van der Waals surface area contributed by atoms with E-state index in [-0.39, 0.29) is 56.6 Å². The summed E-state index contributed by atoms with van der Waals surface area (Å²) in [6, 6.07) is 21.2. The molecule has 1 fully saturated rings. The highest BCUT2D eigenvalue weighted by molar-refractivity contribution is 8.26. The van der Waals surface area contributed by atoms with Crippen molar-refractivity contribution in [1.82, 2.24) is 10.0 Å². The van der Waals surface area contributed by atoms with Crippen molar-refractivity contribution in [2.75, 3.05) is 33.0 Å². The minimum absolute atomic E-state index is 0.00906. The van der Waals surface area contributed by atoms with Crippen molar-refractivity contribution >= 4 is 64.8 Å². The Morgan fingerprint density at radius 2 is 1.22 bits per heavy atom. The number of rotatable bonds is 22. The Morgan fingerprint density at radius 1 is 0.717 bits per heavy atom. The average Bonchev–Trinajstić information content (AvgIpc) is 3.95. The van der Waals surface area contributed by atoms with Crippen molar-refractivity contribution in [3.8, 4) is 17.6 Å². The maximum atomic E-state index is 14.5. The van der Waals surface area contributed by atoms with Gasteiger partial charge in [-0.25, -0.2) is 14.8 Å². The Kier molecular flexibility index (Phi) is 17.2. The molecule has 3 aliphatic rings. The Bertz CT molecular complexity index is 2050. The van der Waals surface area contributed by atoms with Crippen LogP contribution in [0.2, 0.25) is 0 Å². The van der Waals surface area contributed by atoms with Crippen LogP contribution in [0.4, 0.5) is 0 Å². The van der Waals surface area contributed by atoms with E-state index < -0.39 is 17.8 Å². The lowest BCUT2D eigenvalue weighted by molar-refractivity contribution is -0.149. The van der Waals surface area contributed by atoms with Gasteiger partial charge in [0.15, 0.2) is 5.57 Å². The van der Waals surface area contributed by atoms with E-state index in [1.54, 1.807) is 0 Å². The first-order valence-electron chi connectivity index (χ1n) is 20.5. The fourth-order valence-corrected chi connectivity index (χ4v) is 12.2. The predicted octanol–water partition coefficient (Wildman–Crippen LogP) is 9.47. The average molecular weight is 890 g/mol. The summed E-state index contributed by atoms with van der Waals surface area (Å²) in [6.45, 7) is 5.53. The molecular weight excluding hydrogens is 839 g/mol. The summed E-state index contributed by atoms with van der Waals surface area (Å²) >= 11 is 5.07. The first-order valence-corrected chi connectivity index (χ1v) is 23.8. The summed E-state index contributed by atoms with van der Waals surface area (Å²) in [7, 11) is 0. The number of aliphatic hydroxyl groups is 2. The van der Waals surface area contributed by atoms with Gasteiger partial charge >= 0.3 is 5.97 Å². The normalized spacial score (nSPS) is 15.9. The molecule has 0 saturated carbocycles. The number of hydrazine groups is 1. The zero-order valence-corrected chi connectivity index (χ0v) is 37.2. The van der Waals surface area contributed by atoms with Gasteiger partial charge in [0.2, 0.25) is 0 Å². The van der Waals surface area contributed by atoms with Crippen LogP contribution in [-0.4, -0.2) is 71.0 Å². The Balaban J connectivity index is 1.40. The lowest BCUT2D eigenvalue weighted by atomic mass is 10.0. The number of carbonyl (C=O) groups is 3. The highest BCUT2D eigenvalue weighted by Gasteiger charge is 2.46. The Morgan fingerprint density at radius 3 is 1.70 bits per heavy atom. The van der Waals surface area contributed by atoms with Crippen LogP contribution in [0.15, 0.2) is 99.9 Å². The van der Waals surface area contributed by atoms with E-state index in [1.165, 1.54) is 57.1 Å². The number of nitriles is 1. The first kappa shape index (κ1) is 45.5. The molecule has 3 aromatic carbocycles. The molecule has 0 aromatic heterocycles. The van der Waals surface area contributed by atoms with Crippen molar-refractivity contribution in [2.45, 2.75) is 104 Å². The van der Waals surface area contributed by atoms with Gasteiger partial charge < -0.3 is 24.4 Å². The second-order valence-corrected chi connectivity index (χ2v) is 19.0. The van der Waals surface area contributed by atoms with E-state index in [9.17, 15) is 29.9 Å². The van der Waals surface area contributed by atoms with E-state index in [0.29, 0.717) is 71.8 Å². The lowest BCUT2D eigenvalue weighted by Gasteiger charge is -2.27. The maximum Gasteiger partial charge on any atom is 0.350 e. The summed E-state index contributed by atoms with van der Waals surface area (Å²) in [5.41, 5.74) is 1.73. The van der Waals surface area contributed by atoms with E-state index in [4.69, 9.17) is 14.2 Å². The molecular formula is C45H51N3O8S4. The number of amides is 2. The van der Waals surface area contributed by atoms with Crippen molar-refractivity contribution in [3.63, 3.8) is 0 Å². The summed E-state index contributed by atoms with van der Waals surface area (Å²) in [4.78, 5) is 45.2. The van der Waals surface area contributed by atoms with Gasteiger partial charge in [0.1, 0.15) is 23.1 Å². The number of carbonyl (C=O) groups excluding carboxylic acids is 3. The number of esters is 1. The van der Waals surface area contributed by atoms with Crippen molar-refractivity contribution in [1.29, 1.82) is 5.26 Å². The maximum absolute atomic E-state index is 14.5. The Hall–Kier alpha value is -4.04. The third kappa shape index (κ3) is 10.9. The first-order chi connectivity index (χ1) is 29.3.